The third-order valence-corrected chi connectivity index (χ3v) is 3.99. The number of likely N-dealkylation sites (N-methyl/N-ethyl adjacent to an activating group) is 1. The van der Waals surface area contributed by atoms with E-state index in [1.807, 2.05) is 53.7 Å². The molecule has 0 aromatic heterocycles. The molecule has 0 aliphatic carbocycles. The molecular formula is C20H30N2O4. The van der Waals surface area contributed by atoms with Gasteiger partial charge in [-0.25, -0.2) is 0 Å². The molecule has 26 heavy (non-hydrogen) atoms. The predicted molar refractivity (Wildman–Crippen MR) is 100 cm³/mol. The number of benzene rings is 1. The monoisotopic (exact) mass is 362 g/mol. The maximum atomic E-state index is 12.5. The number of fused-ring (bicyclic) bond motifs is 1. The van der Waals surface area contributed by atoms with Gasteiger partial charge >= 0.3 is 0 Å². The molecule has 1 N–H and O–H groups in total. The standard InChI is InChI=1S/C20H30N2O4/c1-7-22(12-16(23)21-19(2,3)4)17(24)13-25-15-10-8-9-14-11-20(5,6)26-18(14)15/h8-10H,7,11-13H2,1-6H3,(H,21,23). The Morgan fingerprint density at radius 1 is 1.31 bits per heavy atom. The summed E-state index contributed by atoms with van der Waals surface area (Å²) < 4.78 is 11.7. The third kappa shape index (κ3) is 5.38. The first-order valence-electron chi connectivity index (χ1n) is 9.03. The van der Waals surface area contributed by atoms with Gasteiger partial charge in [0.15, 0.2) is 18.1 Å². The fraction of sp³-hybridized carbons (Fsp3) is 0.600. The van der Waals surface area contributed by atoms with Crippen LogP contribution in [0.5, 0.6) is 11.5 Å². The average Bonchev–Trinajstić information content (AvgIpc) is 2.82. The first kappa shape index (κ1) is 20.1. The molecule has 1 aliphatic rings. The molecular weight excluding hydrogens is 332 g/mol. The quantitative estimate of drug-likeness (QED) is 0.844. The van der Waals surface area contributed by atoms with Crippen LogP contribution in [-0.2, 0) is 16.0 Å². The Labute approximate surface area is 155 Å². The minimum Gasteiger partial charge on any atom is -0.483 e. The number of hydrogen-bond acceptors (Lipinski definition) is 4. The van der Waals surface area contributed by atoms with Gasteiger partial charge in [-0.2, -0.15) is 0 Å². The Bertz CT molecular complexity index is 677. The molecule has 1 heterocycles. The molecule has 1 aromatic rings. The first-order valence-corrected chi connectivity index (χ1v) is 9.03. The maximum absolute atomic E-state index is 12.5. The minimum absolute atomic E-state index is 0.0202. The normalized spacial score (nSPS) is 15.0. The number of hydrogen-bond donors (Lipinski definition) is 1. The molecule has 0 spiro atoms. The van der Waals surface area contributed by atoms with E-state index in [1.54, 1.807) is 6.07 Å². The van der Waals surface area contributed by atoms with Gasteiger partial charge in [0.2, 0.25) is 5.91 Å². The molecule has 6 nitrogen and oxygen atoms in total. The maximum Gasteiger partial charge on any atom is 0.260 e. The van der Waals surface area contributed by atoms with Crippen LogP contribution in [0.2, 0.25) is 0 Å². The lowest BCUT2D eigenvalue weighted by molar-refractivity contribution is -0.138. The minimum atomic E-state index is -0.329. The Kier molecular flexibility index (Phi) is 5.84. The van der Waals surface area contributed by atoms with E-state index >= 15 is 0 Å². The molecule has 0 saturated heterocycles. The highest BCUT2D eigenvalue weighted by molar-refractivity contribution is 5.85. The molecule has 1 aromatic carbocycles. The van der Waals surface area contributed by atoms with Crippen LogP contribution < -0.4 is 14.8 Å². The molecule has 6 heteroatoms. The molecule has 2 rings (SSSR count). The first-order chi connectivity index (χ1) is 12.0. The van der Waals surface area contributed by atoms with Crippen molar-refractivity contribution in [3.05, 3.63) is 23.8 Å². The van der Waals surface area contributed by atoms with Crippen molar-refractivity contribution in [3.8, 4) is 11.5 Å². The molecule has 0 atom stereocenters. The summed E-state index contributed by atoms with van der Waals surface area (Å²) in [5.41, 5.74) is 0.480. The van der Waals surface area contributed by atoms with Crippen molar-refractivity contribution in [3.63, 3.8) is 0 Å². The van der Waals surface area contributed by atoms with Crippen molar-refractivity contribution >= 4 is 11.8 Å². The smallest absolute Gasteiger partial charge is 0.260 e. The van der Waals surface area contributed by atoms with Crippen LogP contribution in [0.1, 0.15) is 47.1 Å². The summed E-state index contributed by atoms with van der Waals surface area (Å²) in [6, 6.07) is 5.71. The fourth-order valence-corrected chi connectivity index (χ4v) is 2.94. The summed E-state index contributed by atoms with van der Waals surface area (Å²) in [6.45, 7) is 11.9. The lowest BCUT2D eigenvalue weighted by Gasteiger charge is -2.25. The van der Waals surface area contributed by atoms with Crippen LogP contribution in [0.15, 0.2) is 18.2 Å². The molecule has 0 radical (unpaired) electrons. The zero-order chi connectivity index (χ0) is 19.5. The largest absolute Gasteiger partial charge is 0.483 e. The zero-order valence-corrected chi connectivity index (χ0v) is 16.6. The number of ether oxygens (including phenoxy) is 2. The van der Waals surface area contributed by atoms with E-state index in [2.05, 4.69) is 5.32 Å². The topological polar surface area (TPSA) is 67.9 Å². The highest BCUT2D eigenvalue weighted by Crippen LogP contribution is 2.41. The molecule has 0 unspecified atom stereocenters. The lowest BCUT2D eigenvalue weighted by atomic mass is 10.0. The van der Waals surface area contributed by atoms with Gasteiger partial charge in [0.1, 0.15) is 5.60 Å². The number of nitrogens with zero attached hydrogens (tertiary/aromatic N) is 1. The average molecular weight is 362 g/mol. The van der Waals surface area contributed by atoms with E-state index in [4.69, 9.17) is 9.47 Å². The van der Waals surface area contributed by atoms with Gasteiger partial charge < -0.3 is 19.7 Å². The van der Waals surface area contributed by atoms with E-state index in [0.717, 1.165) is 12.0 Å². The molecule has 0 bridgehead atoms. The van der Waals surface area contributed by atoms with Crippen LogP contribution in [-0.4, -0.2) is 47.6 Å². The number of nitrogens with one attached hydrogen (secondary N) is 1. The second-order valence-corrected chi connectivity index (χ2v) is 8.28. The molecule has 2 amide bonds. The Morgan fingerprint density at radius 2 is 2.00 bits per heavy atom. The molecule has 0 saturated carbocycles. The summed E-state index contributed by atoms with van der Waals surface area (Å²) in [5, 5.41) is 2.86. The van der Waals surface area contributed by atoms with Gasteiger partial charge in [-0.1, -0.05) is 12.1 Å². The highest BCUT2D eigenvalue weighted by atomic mass is 16.5. The number of amides is 2. The van der Waals surface area contributed by atoms with Gasteiger partial charge in [0.05, 0.1) is 6.54 Å². The Hall–Kier alpha value is -2.24. The SMILES string of the molecule is CCN(CC(=O)NC(C)(C)C)C(=O)COc1cccc2c1OC(C)(C)C2. The lowest BCUT2D eigenvalue weighted by Crippen LogP contribution is -2.48. The van der Waals surface area contributed by atoms with E-state index in [1.165, 1.54) is 4.90 Å². The van der Waals surface area contributed by atoms with E-state index in [9.17, 15) is 9.59 Å². The summed E-state index contributed by atoms with van der Waals surface area (Å²) in [4.78, 5) is 26.0. The third-order valence-electron chi connectivity index (χ3n) is 3.99. The van der Waals surface area contributed by atoms with E-state index in [0.29, 0.717) is 18.0 Å². The van der Waals surface area contributed by atoms with Gasteiger partial charge in [0, 0.05) is 24.1 Å². The number of carbonyl (C=O) groups is 2. The van der Waals surface area contributed by atoms with Crippen molar-refractivity contribution in [2.45, 2.75) is 59.1 Å². The predicted octanol–water partition coefficient (Wildman–Crippen LogP) is 2.54. The van der Waals surface area contributed by atoms with Crippen LogP contribution in [0.25, 0.3) is 0 Å². The summed E-state index contributed by atoms with van der Waals surface area (Å²) in [7, 11) is 0. The number of para-hydroxylation sites is 1. The molecule has 0 fully saturated rings. The van der Waals surface area contributed by atoms with Crippen LogP contribution in [0.3, 0.4) is 0 Å². The second kappa shape index (κ2) is 7.56. The van der Waals surface area contributed by atoms with Crippen molar-refractivity contribution < 1.29 is 19.1 Å². The second-order valence-electron chi connectivity index (χ2n) is 8.28. The van der Waals surface area contributed by atoms with E-state index < -0.39 is 0 Å². The summed E-state index contributed by atoms with van der Waals surface area (Å²) in [6.07, 6.45) is 0.807. The zero-order valence-electron chi connectivity index (χ0n) is 16.6. The number of rotatable bonds is 6. The van der Waals surface area contributed by atoms with Crippen LogP contribution in [0.4, 0.5) is 0 Å². The van der Waals surface area contributed by atoms with Gasteiger partial charge in [0.25, 0.3) is 5.91 Å². The number of carbonyl (C=O) groups excluding carboxylic acids is 2. The van der Waals surface area contributed by atoms with Crippen LogP contribution >= 0.6 is 0 Å². The van der Waals surface area contributed by atoms with Gasteiger partial charge in [-0.15, -0.1) is 0 Å². The van der Waals surface area contributed by atoms with Crippen molar-refractivity contribution in [1.82, 2.24) is 10.2 Å². The highest BCUT2D eigenvalue weighted by Gasteiger charge is 2.32. The van der Waals surface area contributed by atoms with Crippen molar-refractivity contribution in [2.75, 3.05) is 19.7 Å². The summed E-state index contributed by atoms with van der Waals surface area (Å²) >= 11 is 0. The Morgan fingerprint density at radius 3 is 2.62 bits per heavy atom. The van der Waals surface area contributed by atoms with E-state index in [-0.39, 0.29) is 36.1 Å². The summed E-state index contributed by atoms with van der Waals surface area (Å²) in [5.74, 6) is 0.861. The molecule has 144 valence electrons. The van der Waals surface area contributed by atoms with Gasteiger partial charge in [-0.3, -0.25) is 9.59 Å². The van der Waals surface area contributed by atoms with Gasteiger partial charge in [-0.05, 0) is 47.6 Å². The van der Waals surface area contributed by atoms with Crippen molar-refractivity contribution in [2.24, 2.45) is 0 Å². The Balaban J connectivity index is 1.96. The van der Waals surface area contributed by atoms with Crippen LogP contribution in [0, 0.1) is 0 Å². The van der Waals surface area contributed by atoms with Crippen molar-refractivity contribution in [1.29, 1.82) is 0 Å². The fourth-order valence-electron chi connectivity index (χ4n) is 2.94. The molecule has 1 aliphatic heterocycles.